The molecule has 0 aliphatic carbocycles. The van der Waals surface area contributed by atoms with E-state index in [-0.39, 0.29) is 17.8 Å². The number of anilines is 1. The van der Waals surface area contributed by atoms with E-state index in [1.807, 2.05) is 0 Å². The summed E-state index contributed by atoms with van der Waals surface area (Å²) >= 11 is 0. The van der Waals surface area contributed by atoms with Crippen molar-refractivity contribution in [1.29, 1.82) is 0 Å². The highest BCUT2D eigenvalue weighted by Crippen LogP contribution is 2.38. The number of fused-ring (bicyclic) bond motifs is 1. The maximum absolute atomic E-state index is 12.8. The summed E-state index contributed by atoms with van der Waals surface area (Å²) in [6.45, 7) is 1.00. The molecule has 3 rings (SSSR count). The van der Waals surface area contributed by atoms with Gasteiger partial charge in [-0.25, -0.2) is 0 Å². The molecule has 0 saturated carbocycles. The molecule has 4 N–H and O–H groups in total. The molecule has 0 fully saturated rings. The number of phenols is 1. The van der Waals surface area contributed by atoms with Gasteiger partial charge in [-0.2, -0.15) is 13.2 Å². The third kappa shape index (κ3) is 4.00. The minimum absolute atomic E-state index is 0.00699. The Hall–Kier alpha value is -2.91. The number of alkyl halides is 3. The fraction of sp³-hybridized carbons (Fsp3) is 0.263. The number of aromatic hydroxyl groups is 1. The van der Waals surface area contributed by atoms with Crippen LogP contribution in [0, 0.1) is 0 Å². The summed E-state index contributed by atoms with van der Waals surface area (Å²) in [7, 11) is 0. The van der Waals surface area contributed by atoms with Crippen LogP contribution in [-0.2, 0) is 6.18 Å². The van der Waals surface area contributed by atoms with E-state index in [1.165, 1.54) is 6.92 Å². The molecule has 1 aromatic heterocycles. The molecule has 0 amide bonds. The highest BCUT2D eigenvalue weighted by molar-refractivity contribution is 6.00. The number of halogens is 3. The summed E-state index contributed by atoms with van der Waals surface area (Å²) in [5, 5.41) is 41.4. The van der Waals surface area contributed by atoms with Crippen LogP contribution < -0.4 is 5.32 Å². The molecule has 2 aromatic carbocycles. The second kappa shape index (κ2) is 7.25. The molecule has 0 aliphatic rings. The zero-order valence-electron chi connectivity index (χ0n) is 14.8. The van der Waals surface area contributed by atoms with Crippen LogP contribution in [0.1, 0.15) is 12.5 Å². The molecule has 1 atom stereocenters. The van der Waals surface area contributed by atoms with Crippen LogP contribution in [0.2, 0.25) is 0 Å². The molecular formula is C19H18F3N3O3. The van der Waals surface area contributed by atoms with Crippen molar-refractivity contribution in [1.82, 2.24) is 10.2 Å². The van der Waals surface area contributed by atoms with E-state index in [0.717, 1.165) is 12.1 Å². The first-order valence-electron chi connectivity index (χ1n) is 8.35. The number of aliphatic hydroxyl groups excluding tert-OH is 1. The lowest BCUT2D eigenvalue weighted by Crippen LogP contribution is -2.37. The Labute approximate surface area is 158 Å². The first-order chi connectivity index (χ1) is 13.1. The average Bonchev–Trinajstić information content (AvgIpc) is 2.65. The van der Waals surface area contributed by atoms with E-state index < -0.39 is 29.7 Å². The smallest absolute Gasteiger partial charge is 0.416 e. The molecule has 28 heavy (non-hydrogen) atoms. The fourth-order valence-electron chi connectivity index (χ4n) is 2.67. The number of phenolic OH excluding ortho intramolecular Hbond substituents is 1. The summed E-state index contributed by atoms with van der Waals surface area (Å²) in [4.78, 5) is 0. The third-order valence-electron chi connectivity index (χ3n) is 4.24. The normalized spacial score (nSPS) is 14.1. The van der Waals surface area contributed by atoms with Crippen LogP contribution in [0.15, 0.2) is 42.5 Å². The van der Waals surface area contributed by atoms with Gasteiger partial charge >= 0.3 is 6.18 Å². The fourth-order valence-corrected chi connectivity index (χ4v) is 2.67. The van der Waals surface area contributed by atoms with Gasteiger partial charge in [0, 0.05) is 22.9 Å². The van der Waals surface area contributed by atoms with Gasteiger partial charge in [0.1, 0.15) is 17.0 Å². The van der Waals surface area contributed by atoms with Crippen LogP contribution in [0.4, 0.5) is 19.0 Å². The zero-order valence-corrected chi connectivity index (χ0v) is 14.8. The Morgan fingerprint density at radius 3 is 2.32 bits per heavy atom. The molecule has 1 heterocycles. The van der Waals surface area contributed by atoms with Crippen molar-refractivity contribution in [3.63, 3.8) is 0 Å². The zero-order chi connectivity index (χ0) is 20.5. The number of aliphatic hydroxyl groups is 2. The van der Waals surface area contributed by atoms with E-state index in [2.05, 4.69) is 15.5 Å². The summed E-state index contributed by atoms with van der Waals surface area (Å²) in [5.74, 6) is -0.224. The van der Waals surface area contributed by atoms with Gasteiger partial charge in [0.2, 0.25) is 0 Å². The molecule has 3 aromatic rings. The largest absolute Gasteiger partial charge is 0.507 e. The molecule has 0 aliphatic heterocycles. The van der Waals surface area contributed by atoms with E-state index in [9.17, 15) is 23.4 Å². The summed E-state index contributed by atoms with van der Waals surface area (Å²) in [6, 6.07) is 9.57. The highest BCUT2D eigenvalue weighted by atomic mass is 19.4. The first kappa shape index (κ1) is 19.8. The van der Waals surface area contributed by atoms with Gasteiger partial charge < -0.3 is 20.6 Å². The van der Waals surface area contributed by atoms with E-state index in [0.29, 0.717) is 22.7 Å². The Morgan fingerprint density at radius 1 is 1.04 bits per heavy atom. The minimum atomic E-state index is -4.57. The lowest BCUT2D eigenvalue weighted by molar-refractivity contribution is -0.137. The number of aromatic nitrogens is 2. The van der Waals surface area contributed by atoms with Crippen molar-refractivity contribution in [2.75, 3.05) is 18.5 Å². The second-order valence-corrected chi connectivity index (χ2v) is 6.68. The van der Waals surface area contributed by atoms with Crippen molar-refractivity contribution >= 4 is 16.6 Å². The number of hydrogen-bond donors (Lipinski definition) is 4. The number of nitrogens with zero attached hydrogens (tertiary/aromatic N) is 2. The predicted molar refractivity (Wildman–Crippen MR) is 97.8 cm³/mol. The third-order valence-corrected chi connectivity index (χ3v) is 4.24. The number of nitrogens with one attached hydrogen (secondary N) is 1. The van der Waals surface area contributed by atoms with Gasteiger partial charge in [0.15, 0.2) is 5.82 Å². The van der Waals surface area contributed by atoms with Gasteiger partial charge in [-0.15, -0.1) is 10.2 Å². The van der Waals surface area contributed by atoms with Gasteiger partial charge in [-0.3, -0.25) is 0 Å². The molecule has 0 radical (unpaired) electrons. The van der Waals surface area contributed by atoms with Gasteiger partial charge in [-0.1, -0.05) is 24.3 Å². The van der Waals surface area contributed by atoms with E-state index in [4.69, 9.17) is 5.11 Å². The van der Waals surface area contributed by atoms with Gasteiger partial charge in [0.25, 0.3) is 0 Å². The molecule has 0 bridgehead atoms. The second-order valence-electron chi connectivity index (χ2n) is 6.68. The van der Waals surface area contributed by atoms with Crippen LogP contribution >= 0.6 is 0 Å². The first-order valence-corrected chi connectivity index (χ1v) is 8.35. The molecule has 6 nitrogen and oxygen atoms in total. The average molecular weight is 393 g/mol. The Bertz CT molecular complexity index is 1010. The Morgan fingerprint density at radius 2 is 1.71 bits per heavy atom. The highest BCUT2D eigenvalue weighted by Gasteiger charge is 2.31. The summed E-state index contributed by atoms with van der Waals surface area (Å²) in [6.07, 6.45) is -4.57. The van der Waals surface area contributed by atoms with Crippen LogP contribution in [-0.4, -0.2) is 44.3 Å². The summed E-state index contributed by atoms with van der Waals surface area (Å²) in [5.41, 5.74) is -1.99. The minimum Gasteiger partial charge on any atom is -0.507 e. The maximum atomic E-state index is 12.8. The SMILES string of the molecule is CC(O)(CO)CNc1nnc(-c2ccc(C(F)(F)F)cc2O)c2ccccc12. The molecule has 148 valence electrons. The lowest BCUT2D eigenvalue weighted by atomic mass is 10.0. The van der Waals surface area contributed by atoms with E-state index in [1.54, 1.807) is 24.3 Å². The standard InChI is InChI=1S/C19H18F3N3O3/c1-18(28,10-26)9-23-17-13-5-3-2-4-12(13)16(24-25-17)14-7-6-11(8-15(14)27)19(20,21)22/h2-8,26-28H,9-10H2,1H3,(H,23,25). The number of hydrogen-bond acceptors (Lipinski definition) is 6. The molecule has 0 saturated heterocycles. The Balaban J connectivity index is 2.06. The summed E-state index contributed by atoms with van der Waals surface area (Å²) < 4.78 is 38.5. The van der Waals surface area contributed by atoms with Gasteiger partial charge in [0.05, 0.1) is 12.2 Å². The number of rotatable bonds is 5. The molecule has 1 unspecified atom stereocenters. The van der Waals surface area contributed by atoms with Crippen molar-refractivity contribution in [2.45, 2.75) is 18.7 Å². The van der Waals surface area contributed by atoms with Crippen molar-refractivity contribution in [3.05, 3.63) is 48.0 Å². The monoisotopic (exact) mass is 393 g/mol. The van der Waals surface area contributed by atoms with Gasteiger partial charge in [-0.05, 0) is 25.1 Å². The van der Waals surface area contributed by atoms with Crippen molar-refractivity contribution in [2.24, 2.45) is 0 Å². The molecule has 9 heteroatoms. The van der Waals surface area contributed by atoms with Crippen molar-refractivity contribution < 1.29 is 28.5 Å². The van der Waals surface area contributed by atoms with Crippen LogP contribution in [0.25, 0.3) is 22.0 Å². The predicted octanol–water partition coefficient (Wildman–Crippen LogP) is 3.18. The number of benzene rings is 2. The lowest BCUT2D eigenvalue weighted by Gasteiger charge is -2.21. The maximum Gasteiger partial charge on any atom is 0.416 e. The quantitative estimate of drug-likeness (QED) is 0.532. The molecular weight excluding hydrogens is 375 g/mol. The molecule has 0 spiro atoms. The van der Waals surface area contributed by atoms with Crippen molar-refractivity contribution in [3.8, 4) is 17.0 Å². The van der Waals surface area contributed by atoms with Crippen LogP contribution in [0.5, 0.6) is 5.75 Å². The topological polar surface area (TPSA) is 98.5 Å². The van der Waals surface area contributed by atoms with E-state index >= 15 is 0 Å². The Kier molecular flexibility index (Phi) is 5.14. The van der Waals surface area contributed by atoms with Crippen LogP contribution in [0.3, 0.4) is 0 Å².